The Balaban J connectivity index is 1.93. The van der Waals surface area contributed by atoms with Crippen molar-refractivity contribution in [3.8, 4) is 0 Å². The molecule has 1 saturated carbocycles. The van der Waals surface area contributed by atoms with Crippen molar-refractivity contribution in [1.29, 1.82) is 0 Å². The van der Waals surface area contributed by atoms with Crippen molar-refractivity contribution in [2.24, 2.45) is 5.92 Å². The Morgan fingerprint density at radius 3 is 2.56 bits per heavy atom. The first-order chi connectivity index (χ1) is 8.56. The van der Waals surface area contributed by atoms with E-state index in [4.69, 9.17) is 9.52 Å². The van der Waals surface area contributed by atoms with Crippen molar-refractivity contribution < 1.29 is 19.1 Å². The Labute approximate surface area is 105 Å². The summed E-state index contributed by atoms with van der Waals surface area (Å²) < 4.78 is 4.96. The number of amides is 1. The van der Waals surface area contributed by atoms with Crippen LogP contribution in [0.2, 0.25) is 0 Å². The maximum atomic E-state index is 11.8. The highest BCUT2D eigenvalue weighted by molar-refractivity contribution is 5.95. The molecule has 0 unspecified atom stereocenters. The number of aromatic carboxylic acids is 1. The molecule has 18 heavy (non-hydrogen) atoms. The third kappa shape index (κ3) is 2.91. The molecule has 0 spiro atoms. The Kier molecular flexibility index (Phi) is 3.69. The molecule has 0 atom stereocenters. The number of hydrogen-bond acceptors (Lipinski definition) is 3. The average Bonchev–Trinajstić information content (AvgIpc) is 2.81. The molecule has 1 aromatic rings. The van der Waals surface area contributed by atoms with Crippen LogP contribution < -0.4 is 5.32 Å². The van der Waals surface area contributed by atoms with Gasteiger partial charge in [-0.3, -0.25) is 4.79 Å². The Hall–Kier alpha value is -1.78. The summed E-state index contributed by atoms with van der Waals surface area (Å²) in [5, 5.41) is 11.6. The Morgan fingerprint density at radius 2 is 2.00 bits per heavy atom. The number of carboxylic acids is 1. The summed E-state index contributed by atoms with van der Waals surface area (Å²) in [4.78, 5) is 22.5. The second kappa shape index (κ2) is 5.25. The van der Waals surface area contributed by atoms with E-state index < -0.39 is 5.97 Å². The standard InChI is InChI=1S/C13H17NO4/c1-8-2-4-10(5-3-8)14-12(15)11-6-9(7-18-11)13(16)17/h6-8,10H,2-5H2,1H3,(H,14,15)(H,16,17). The number of hydrogen-bond donors (Lipinski definition) is 2. The largest absolute Gasteiger partial charge is 0.478 e. The van der Waals surface area contributed by atoms with E-state index in [0.29, 0.717) is 0 Å². The van der Waals surface area contributed by atoms with Crippen LogP contribution in [0.1, 0.15) is 53.5 Å². The molecule has 1 aromatic heterocycles. The van der Waals surface area contributed by atoms with Crippen LogP contribution >= 0.6 is 0 Å². The van der Waals surface area contributed by atoms with Gasteiger partial charge < -0.3 is 14.8 Å². The van der Waals surface area contributed by atoms with Gasteiger partial charge in [-0.1, -0.05) is 6.92 Å². The molecule has 1 aliphatic carbocycles. The van der Waals surface area contributed by atoms with Gasteiger partial charge in [-0.05, 0) is 31.6 Å². The van der Waals surface area contributed by atoms with Crippen LogP contribution in [-0.2, 0) is 0 Å². The van der Waals surface area contributed by atoms with Gasteiger partial charge in [0.25, 0.3) is 5.91 Å². The lowest BCUT2D eigenvalue weighted by molar-refractivity contribution is 0.0695. The van der Waals surface area contributed by atoms with Crippen molar-refractivity contribution in [3.05, 3.63) is 23.7 Å². The summed E-state index contributed by atoms with van der Waals surface area (Å²) in [6.45, 7) is 2.21. The smallest absolute Gasteiger partial charge is 0.338 e. The van der Waals surface area contributed by atoms with Crippen LogP contribution in [0.15, 0.2) is 16.7 Å². The van der Waals surface area contributed by atoms with Crippen LogP contribution in [0.3, 0.4) is 0 Å². The van der Waals surface area contributed by atoms with E-state index in [1.807, 2.05) is 0 Å². The highest BCUT2D eigenvalue weighted by Gasteiger charge is 2.22. The summed E-state index contributed by atoms with van der Waals surface area (Å²) in [6.07, 6.45) is 5.26. The van der Waals surface area contributed by atoms with Crippen LogP contribution in [0.5, 0.6) is 0 Å². The third-order valence-electron chi connectivity index (χ3n) is 3.42. The fourth-order valence-corrected chi connectivity index (χ4v) is 2.23. The van der Waals surface area contributed by atoms with Crippen LogP contribution in [0, 0.1) is 5.92 Å². The van der Waals surface area contributed by atoms with E-state index in [0.717, 1.165) is 37.9 Å². The van der Waals surface area contributed by atoms with Crippen molar-refractivity contribution in [2.45, 2.75) is 38.6 Å². The van der Waals surface area contributed by atoms with Crippen LogP contribution in [-0.4, -0.2) is 23.0 Å². The molecule has 98 valence electrons. The molecule has 0 bridgehead atoms. The number of nitrogens with one attached hydrogen (secondary N) is 1. The third-order valence-corrected chi connectivity index (χ3v) is 3.42. The minimum atomic E-state index is -1.09. The summed E-state index contributed by atoms with van der Waals surface area (Å²) in [7, 11) is 0. The van der Waals surface area contributed by atoms with Gasteiger partial charge in [-0.2, -0.15) is 0 Å². The number of carbonyl (C=O) groups excluding carboxylic acids is 1. The van der Waals surface area contributed by atoms with Gasteiger partial charge >= 0.3 is 5.97 Å². The van der Waals surface area contributed by atoms with Gasteiger partial charge in [0.15, 0.2) is 5.76 Å². The van der Waals surface area contributed by atoms with Crippen molar-refractivity contribution in [1.82, 2.24) is 5.32 Å². The Morgan fingerprint density at radius 1 is 1.33 bits per heavy atom. The summed E-state index contributed by atoms with van der Waals surface area (Å²) in [6, 6.07) is 1.43. The van der Waals surface area contributed by atoms with Crippen molar-refractivity contribution in [2.75, 3.05) is 0 Å². The van der Waals surface area contributed by atoms with Gasteiger partial charge in [0.05, 0.1) is 5.56 Å². The molecule has 0 radical (unpaired) electrons. The molecule has 1 fully saturated rings. The molecule has 5 heteroatoms. The molecule has 1 aliphatic rings. The molecule has 1 heterocycles. The van der Waals surface area contributed by atoms with Gasteiger partial charge in [0.1, 0.15) is 6.26 Å². The number of carbonyl (C=O) groups is 2. The lowest BCUT2D eigenvalue weighted by Crippen LogP contribution is -2.37. The van der Waals surface area contributed by atoms with E-state index in [2.05, 4.69) is 12.2 Å². The van der Waals surface area contributed by atoms with Gasteiger partial charge in [-0.15, -0.1) is 0 Å². The van der Waals surface area contributed by atoms with Gasteiger partial charge in [0, 0.05) is 12.1 Å². The maximum absolute atomic E-state index is 11.8. The normalized spacial score (nSPS) is 23.6. The molecule has 0 aromatic carbocycles. The maximum Gasteiger partial charge on any atom is 0.338 e. The molecule has 2 N–H and O–H groups in total. The summed E-state index contributed by atoms with van der Waals surface area (Å²) >= 11 is 0. The second-order valence-electron chi connectivity index (χ2n) is 4.94. The number of carboxylic acid groups (broad SMARTS) is 1. The van der Waals surface area contributed by atoms with Crippen LogP contribution in [0.4, 0.5) is 0 Å². The molecule has 0 saturated heterocycles. The zero-order valence-corrected chi connectivity index (χ0v) is 10.3. The first-order valence-corrected chi connectivity index (χ1v) is 6.19. The minimum Gasteiger partial charge on any atom is -0.478 e. The second-order valence-corrected chi connectivity index (χ2v) is 4.94. The van der Waals surface area contributed by atoms with Gasteiger partial charge in [-0.25, -0.2) is 4.79 Å². The van der Waals surface area contributed by atoms with Crippen molar-refractivity contribution in [3.63, 3.8) is 0 Å². The van der Waals surface area contributed by atoms with E-state index >= 15 is 0 Å². The average molecular weight is 251 g/mol. The first-order valence-electron chi connectivity index (χ1n) is 6.19. The highest BCUT2D eigenvalue weighted by atomic mass is 16.4. The molecular weight excluding hydrogens is 234 g/mol. The molecule has 2 rings (SSSR count). The molecule has 5 nitrogen and oxygen atoms in total. The monoisotopic (exact) mass is 251 g/mol. The SMILES string of the molecule is CC1CCC(NC(=O)c2cc(C(=O)O)co2)CC1. The zero-order valence-electron chi connectivity index (χ0n) is 10.3. The minimum absolute atomic E-state index is 0.00239. The quantitative estimate of drug-likeness (QED) is 0.863. The van der Waals surface area contributed by atoms with E-state index in [9.17, 15) is 9.59 Å². The summed E-state index contributed by atoms with van der Waals surface area (Å²) in [5.41, 5.74) is -0.00239. The summed E-state index contributed by atoms with van der Waals surface area (Å²) in [5.74, 6) is -0.641. The fourth-order valence-electron chi connectivity index (χ4n) is 2.23. The van der Waals surface area contributed by atoms with E-state index in [1.165, 1.54) is 6.07 Å². The first kappa shape index (κ1) is 12.7. The molecular formula is C13H17NO4. The van der Waals surface area contributed by atoms with Gasteiger partial charge in [0.2, 0.25) is 0 Å². The molecule has 0 aliphatic heterocycles. The van der Waals surface area contributed by atoms with E-state index in [-0.39, 0.29) is 23.3 Å². The predicted molar refractivity (Wildman–Crippen MR) is 64.6 cm³/mol. The lowest BCUT2D eigenvalue weighted by Gasteiger charge is -2.26. The Bertz CT molecular complexity index is 444. The fraction of sp³-hybridized carbons (Fsp3) is 0.538. The highest BCUT2D eigenvalue weighted by Crippen LogP contribution is 2.23. The van der Waals surface area contributed by atoms with Crippen molar-refractivity contribution >= 4 is 11.9 Å². The van der Waals surface area contributed by atoms with E-state index in [1.54, 1.807) is 0 Å². The molecule has 1 amide bonds. The number of rotatable bonds is 3. The number of furan rings is 1. The zero-order chi connectivity index (χ0) is 13.1. The topological polar surface area (TPSA) is 79.5 Å². The predicted octanol–water partition coefficient (Wildman–Crippen LogP) is 2.29. The van der Waals surface area contributed by atoms with Crippen LogP contribution in [0.25, 0.3) is 0 Å². The lowest BCUT2D eigenvalue weighted by atomic mass is 9.87.